The normalized spacial score (nSPS) is 27.9. The molecule has 2 heterocycles. The standard InChI is InChI=1S/C19H20FN3O3/c20-13-7-14-12(8-21-18(14)22-9-13)5-6-15(24)23-17-11-3-1-10(2-4-11)16(17)19(25)26/h5-11,16-17H,1-4H2,(H,21,22)(H,23,24)(H,25,26)/b6-5+/t10-,11+,16-,17-/m0/s1. The van der Waals surface area contributed by atoms with E-state index in [9.17, 15) is 19.1 Å². The van der Waals surface area contributed by atoms with Gasteiger partial charge in [0.1, 0.15) is 11.5 Å². The number of carbonyl (C=O) groups excluding carboxylic acids is 1. The minimum atomic E-state index is -0.827. The van der Waals surface area contributed by atoms with E-state index in [1.54, 1.807) is 12.3 Å². The number of nitrogens with one attached hydrogen (secondary N) is 2. The summed E-state index contributed by atoms with van der Waals surface area (Å²) in [5.74, 6) is -1.73. The van der Waals surface area contributed by atoms with E-state index in [2.05, 4.69) is 15.3 Å². The average Bonchev–Trinajstić information content (AvgIpc) is 3.02. The fourth-order valence-electron chi connectivity index (χ4n) is 4.53. The van der Waals surface area contributed by atoms with Crippen LogP contribution in [-0.4, -0.2) is 33.0 Å². The molecule has 6 nitrogen and oxygen atoms in total. The van der Waals surface area contributed by atoms with Crippen LogP contribution in [0.5, 0.6) is 0 Å². The second-order valence-corrected chi connectivity index (χ2v) is 7.20. The van der Waals surface area contributed by atoms with Crippen molar-refractivity contribution < 1.29 is 19.1 Å². The molecule has 2 bridgehead atoms. The van der Waals surface area contributed by atoms with E-state index in [4.69, 9.17) is 0 Å². The van der Waals surface area contributed by atoms with Gasteiger partial charge in [-0.2, -0.15) is 0 Å². The summed E-state index contributed by atoms with van der Waals surface area (Å²) < 4.78 is 13.4. The zero-order chi connectivity index (χ0) is 18.3. The number of rotatable bonds is 4. The summed E-state index contributed by atoms with van der Waals surface area (Å²) in [5.41, 5.74) is 1.20. The molecule has 3 N–H and O–H groups in total. The first-order valence-corrected chi connectivity index (χ1v) is 8.87. The van der Waals surface area contributed by atoms with Gasteiger partial charge in [0.15, 0.2) is 0 Å². The molecule has 2 aromatic rings. The third-order valence-corrected chi connectivity index (χ3v) is 5.76. The van der Waals surface area contributed by atoms with Crippen LogP contribution < -0.4 is 5.32 Å². The molecule has 3 aliphatic rings. The average molecular weight is 357 g/mol. The van der Waals surface area contributed by atoms with Crippen LogP contribution >= 0.6 is 0 Å². The number of aliphatic carboxylic acids is 1. The molecule has 2 aromatic heterocycles. The highest BCUT2D eigenvalue weighted by Gasteiger charge is 2.47. The molecule has 3 fully saturated rings. The molecule has 0 radical (unpaired) electrons. The largest absolute Gasteiger partial charge is 0.481 e. The number of halogens is 1. The predicted octanol–water partition coefficient (Wildman–Crippen LogP) is 2.72. The van der Waals surface area contributed by atoms with Gasteiger partial charge in [-0.15, -0.1) is 0 Å². The Bertz CT molecular complexity index is 883. The van der Waals surface area contributed by atoms with Crippen molar-refractivity contribution in [2.45, 2.75) is 31.7 Å². The van der Waals surface area contributed by atoms with Gasteiger partial charge in [-0.25, -0.2) is 9.37 Å². The Kier molecular flexibility index (Phi) is 4.22. The van der Waals surface area contributed by atoms with Crippen molar-refractivity contribution in [2.24, 2.45) is 17.8 Å². The predicted molar refractivity (Wildman–Crippen MR) is 93.6 cm³/mol. The molecule has 2 atom stereocenters. The van der Waals surface area contributed by atoms with Crippen molar-refractivity contribution in [1.82, 2.24) is 15.3 Å². The van der Waals surface area contributed by atoms with Crippen molar-refractivity contribution in [3.05, 3.63) is 35.9 Å². The summed E-state index contributed by atoms with van der Waals surface area (Å²) >= 11 is 0. The van der Waals surface area contributed by atoms with Gasteiger partial charge in [0, 0.05) is 29.3 Å². The molecule has 0 unspecified atom stereocenters. The highest BCUT2D eigenvalue weighted by Crippen LogP contribution is 2.45. The molecular formula is C19H20FN3O3. The molecule has 3 saturated carbocycles. The molecule has 26 heavy (non-hydrogen) atoms. The van der Waals surface area contributed by atoms with Crippen molar-refractivity contribution in [3.63, 3.8) is 0 Å². The number of carboxylic acid groups (broad SMARTS) is 1. The second kappa shape index (κ2) is 6.55. The summed E-state index contributed by atoms with van der Waals surface area (Å²) in [6, 6.07) is 1.04. The number of fused-ring (bicyclic) bond motifs is 4. The Labute approximate surface area is 149 Å². The van der Waals surface area contributed by atoms with Gasteiger partial charge in [-0.1, -0.05) is 0 Å². The topological polar surface area (TPSA) is 95.1 Å². The van der Waals surface area contributed by atoms with E-state index in [-0.39, 0.29) is 23.8 Å². The Hall–Kier alpha value is -2.70. The summed E-state index contributed by atoms with van der Waals surface area (Å²) in [4.78, 5) is 30.9. The van der Waals surface area contributed by atoms with Crippen LogP contribution in [0.25, 0.3) is 17.1 Å². The van der Waals surface area contributed by atoms with E-state index in [0.29, 0.717) is 16.6 Å². The molecule has 1 amide bonds. The summed E-state index contributed by atoms with van der Waals surface area (Å²) in [5, 5.41) is 13.0. The number of carboxylic acids is 1. The van der Waals surface area contributed by atoms with Crippen molar-refractivity contribution in [3.8, 4) is 0 Å². The molecule has 0 aromatic carbocycles. The van der Waals surface area contributed by atoms with Crippen LogP contribution in [0.3, 0.4) is 0 Å². The smallest absolute Gasteiger partial charge is 0.308 e. The lowest BCUT2D eigenvalue weighted by molar-refractivity contribution is -0.150. The number of H-pyrrole nitrogens is 1. The zero-order valence-corrected chi connectivity index (χ0v) is 14.1. The molecule has 0 aliphatic heterocycles. The molecule has 5 rings (SSSR count). The number of pyridine rings is 1. The monoisotopic (exact) mass is 357 g/mol. The Morgan fingerprint density at radius 2 is 2.00 bits per heavy atom. The van der Waals surface area contributed by atoms with E-state index in [1.807, 2.05) is 0 Å². The summed E-state index contributed by atoms with van der Waals surface area (Å²) in [6.45, 7) is 0. The van der Waals surface area contributed by atoms with Gasteiger partial charge in [0.2, 0.25) is 5.91 Å². The highest BCUT2D eigenvalue weighted by atomic mass is 19.1. The Balaban J connectivity index is 1.50. The molecule has 0 spiro atoms. The van der Waals surface area contributed by atoms with Crippen LogP contribution in [-0.2, 0) is 9.59 Å². The first kappa shape index (κ1) is 16.8. The van der Waals surface area contributed by atoms with Crippen LogP contribution in [0.15, 0.2) is 24.5 Å². The second-order valence-electron chi connectivity index (χ2n) is 7.20. The maximum absolute atomic E-state index is 13.4. The van der Waals surface area contributed by atoms with E-state index >= 15 is 0 Å². The van der Waals surface area contributed by atoms with Gasteiger partial charge in [0.05, 0.1) is 12.1 Å². The molecule has 136 valence electrons. The maximum Gasteiger partial charge on any atom is 0.308 e. The maximum atomic E-state index is 13.4. The van der Waals surface area contributed by atoms with Gasteiger partial charge in [0.25, 0.3) is 0 Å². The minimum Gasteiger partial charge on any atom is -0.481 e. The van der Waals surface area contributed by atoms with E-state index < -0.39 is 17.7 Å². The number of aromatic amines is 1. The van der Waals surface area contributed by atoms with E-state index in [0.717, 1.165) is 31.9 Å². The highest BCUT2D eigenvalue weighted by molar-refractivity contribution is 5.95. The Morgan fingerprint density at radius 1 is 1.27 bits per heavy atom. The third-order valence-electron chi connectivity index (χ3n) is 5.76. The van der Waals surface area contributed by atoms with Crippen molar-refractivity contribution >= 4 is 29.0 Å². The minimum absolute atomic E-state index is 0.148. The summed E-state index contributed by atoms with van der Waals surface area (Å²) in [7, 11) is 0. The van der Waals surface area contributed by atoms with Crippen molar-refractivity contribution in [1.29, 1.82) is 0 Å². The number of amides is 1. The number of nitrogens with zero attached hydrogens (tertiary/aromatic N) is 1. The van der Waals surface area contributed by atoms with Gasteiger partial charge >= 0.3 is 5.97 Å². The first-order valence-electron chi connectivity index (χ1n) is 8.87. The first-order chi connectivity index (χ1) is 12.5. The number of aromatic nitrogens is 2. The van der Waals surface area contributed by atoms with Gasteiger partial charge in [-0.05, 0) is 49.7 Å². The fourth-order valence-corrected chi connectivity index (χ4v) is 4.53. The number of hydrogen-bond acceptors (Lipinski definition) is 3. The van der Waals surface area contributed by atoms with Crippen LogP contribution in [0.1, 0.15) is 31.2 Å². The lowest BCUT2D eigenvalue weighted by Crippen LogP contribution is -2.55. The lowest BCUT2D eigenvalue weighted by Gasteiger charge is -2.46. The molecule has 3 aliphatic carbocycles. The van der Waals surface area contributed by atoms with Gasteiger partial charge in [-0.3, -0.25) is 9.59 Å². The number of carbonyl (C=O) groups is 2. The fraction of sp³-hybridized carbons (Fsp3) is 0.421. The SMILES string of the molecule is O=C(/C=C/c1c[nH]c2ncc(F)cc12)N[C@H]1[C@H]2CC[C@H](CC2)[C@@H]1C(=O)O. The van der Waals surface area contributed by atoms with Crippen LogP contribution in [0, 0.1) is 23.6 Å². The quantitative estimate of drug-likeness (QED) is 0.733. The van der Waals surface area contributed by atoms with Crippen molar-refractivity contribution in [2.75, 3.05) is 0 Å². The number of hydrogen-bond donors (Lipinski definition) is 3. The summed E-state index contributed by atoms with van der Waals surface area (Å²) in [6.07, 6.45) is 9.54. The zero-order valence-electron chi connectivity index (χ0n) is 14.1. The molecule has 0 saturated heterocycles. The molecular weight excluding hydrogens is 337 g/mol. The third kappa shape index (κ3) is 2.98. The lowest BCUT2D eigenvalue weighted by atomic mass is 9.61. The Morgan fingerprint density at radius 3 is 2.73 bits per heavy atom. The van der Waals surface area contributed by atoms with Gasteiger partial charge < -0.3 is 15.4 Å². The molecule has 7 heteroatoms. The van der Waals surface area contributed by atoms with E-state index in [1.165, 1.54) is 12.1 Å². The van der Waals surface area contributed by atoms with Crippen LogP contribution in [0.4, 0.5) is 4.39 Å². The van der Waals surface area contributed by atoms with Crippen LogP contribution in [0.2, 0.25) is 0 Å².